The van der Waals surface area contributed by atoms with Crippen molar-refractivity contribution in [3.8, 4) is 10.6 Å². The predicted molar refractivity (Wildman–Crippen MR) is 111 cm³/mol. The lowest BCUT2D eigenvalue weighted by Gasteiger charge is -2.34. The van der Waals surface area contributed by atoms with E-state index in [-0.39, 0.29) is 24.4 Å². The standard InChI is InChI=1S/C22H22ClNO3S/c1-15-19(24-21(28-15)16-5-7-17(23)8-6-16)13-18(26)14-22(20(27)9-12-25)10-3-2-4-11-22/h5-9H,2-4,10-11,13-14H2,1H3. The van der Waals surface area contributed by atoms with E-state index in [0.29, 0.717) is 17.9 Å². The average Bonchev–Trinajstić information content (AvgIpc) is 3.03. The number of aryl methyl sites for hydroxylation is 1. The lowest BCUT2D eigenvalue weighted by Crippen LogP contribution is -2.35. The van der Waals surface area contributed by atoms with E-state index in [1.165, 1.54) is 0 Å². The Morgan fingerprint density at radius 3 is 2.54 bits per heavy atom. The minimum atomic E-state index is -0.740. The van der Waals surface area contributed by atoms with Crippen LogP contribution in [0.5, 0.6) is 0 Å². The molecule has 1 aliphatic rings. The van der Waals surface area contributed by atoms with Crippen molar-refractivity contribution in [2.75, 3.05) is 0 Å². The van der Waals surface area contributed by atoms with Gasteiger partial charge in [-0.1, -0.05) is 43.0 Å². The van der Waals surface area contributed by atoms with E-state index in [1.807, 2.05) is 31.2 Å². The number of hydrogen-bond donors (Lipinski definition) is 0. The quantitative estimate of drug-likeness (QED) is 0.461. The molecule has 0 atom stereocenters. The topological polar surface area (TPSA) is 64.1 Å². The van der Waals surface area contributed by atoms with E-state index < -0.39 is 5.41 Å². The van der Waals surface area contributed by atoms with Gasteiger partial charge in [-0.25, -0.2) is 9.78 Å². The largest absolute Gasteiger partial charge is 0.299 e. The number of aromatic nitrogens is 1. The third-order valence-electron chi connectivity index (χ3n) is 5.41. The molecule has 1 saturated carbocycles. The molecule has 1 aromatic heterocycles. The average molecular weight is 416 g/mol. The second-order valence-corrected chi connectivity index (χ2v) is 9.03. The highest BCUT2D eigenvalue weighted by atomic mass is 35.5. The molecule has 1 aromatic carbocycles. The van der Waals surface area contributed by atoms with Crippen LogP contribution in [0.3, 0.4) is 0 Å². The van der Waals surface area contributed by atoms with Crippen molar-refractivity contribution in [1.29, 1.82) is 0 Å². The molecule has 0 bridgehead atoms. The normalized spacial score (nSPS) is 15.6. The molecular formula is C22H22ClNO3S. The summed E-state index contributed by atoms with van der Waals surface area (Å²) in [6, 6.07) is 7.45. The van der Waals surface area contributed by atoms with Gasteiger partial charge in [0.1, 0.15) is 16.7 Å². The van der Waals surface area contributed by atoms with Crippen molar-refractivity contribution in [2.45, 2.75) is 51.9 Å². The van der Waals surface area contributed by atoms with Crippen LogP contribution in [0.2, 0.25) is 5.02 Å². The Bertz CT molecular complexity index is 920. The molecule has 2 aromatic rings. The molecule has 1 fully saturated rings. The fourth-order valence-electron chi connectivity index (χ4n) is 3.88. The summed E-state index contributed by atoms with van der Waals surface area (Å²) >= 11 is 7.49. The zero-order valence-corrected chi connectivity index (χ0v) is 17.4. The van der Waals surface area contributed by atoms with E-state index in [0.717, 1.165) is 46.5 Å². The number of carbonyl (C=O) groups excluding carboxylic acids is 3. The molecule has 146 valence electrons. The van der Waals surface area contributed by atoms with Gasteiger partial charge in [0.25, 0.3) is 0 Å². The Morgan fingerprint density at radius 2 is 1.89 bits per heavy atom. The maximum atomic E-state index is 12.8. The molecule has 1 heterocycles. The minimum Gasteiger partial charge on any atom is -0.299 e. The second-order valence-electron chi connectivity index (χ2n) is 7.39. The van der Waals surface area contributed by atoms with Crippen LogP contribution in [0.1, 0.15) is 49.1 Å². The van der Waals surface area contributed by atoms with Crippen molar-refractivity contribution in [3.63, 3.8) is 0 Å². The molecule has 28 heavy (non-hydrogen) atoms. The molecule has 1 aliphatic carbocycles. The predicted octanol–water partition coefficient (Wildman–Crippen LogP) is 5.18. The van der Waals surface area contributed by atoms with Gasteiger partial charge >= 0.3 is 0 Å². The highest BCUT2D eigenvalue weighted by Gasteiger charge is 2.40. The first-order valence-electron chi connectivity index (χ1n) is 9.43. The number of hydrogen-bond acceptors (Lipinski definition) is 5. The van der Waals surface area contributed by atoms with E-state index >= 15 is 0 Å². The summed E-state index contributed by atoms with van der Waals surface area (Å²) in [7, 11) is 0. The molecule has 4 nitrogen and oxygen atoms in total. The highest BCUT2D eigenvalue weighted by molar-refractivity contribution is 7.15. The molecule has 0 aliphatic heterocycles. The number of thiazole rings is 1. The number of nitrogens with zero attached hydrogens (tertiary/aromatic N) is 1. The lowest BCUT2D eigenvalue weighted by atomic mass is 9.68. The Balaban J connectivity index is 1.76. The van der Waals surface area contributed by atoms with Crippen LogP contribution in [0, 0.1) is 12.3 Å². The molecule has 0 spiro atoms. The van der Waals surface area contributed by atoms with Crippen LogP contribution in [0.4, 0.5) is 0 Å². The Labute approximate surface area is 173 Å². The van der Waals surface area contributed by atoms with Crippen LogP contribution in [-0.2, 0) is 20.8 Å². The Hall–Kier alpha value is -2.07. The van der Waals surface area contributed by atoms with Crippen molar-refractivity contribution in [3.05, 3.63) is 45.9 Å². The second kappa shape index (κ2) is 8.95. The summed E-state index contributed by atoms with van der Waals surface area (Å²) in [5, 5.41) is 1.52. The number of ketones is 2. The molecule has 0 radical (unpaired) electrons. The first kappa shape index (κ1) is 20.7. The van der Waals surface area contributed by atoms with Crippen molar-refractivity contribution >= 4 is 40.4 Å². The number of rotatable bonds is 7. The smallest absolute Gasteiger partial charge is 0.173 e. The summed E-state index contributed by atoms with van der Waals surface area (Å²) in [6.07, 6.45) is 5.51. The number of allylic oxidation sites excluding steroid dienone is 1. The van der Waals surface area contributed by atoms with Crippen molar-refractivity contribution in [2.24, 2.45) is 5.41 Å². The first-order valence-corrected chi connectivity index (χ1v) is 10.6. The summed E-state index contributed by atoms with van der Waals surface area (Å²) in [5.74, 6) is 1.33. The first-order chi connectivity index (χ1) is 13.4. The fraction of sp³-hybridized carbons (Fsp3) is 0.409. The zero-order chi connectivity index (χ0) is 20.1. The third kappa shape index (κ3) is 4.67. The van der Waals surface area contributed by atoms with Crippen LogP contribution >= 0.6 is 22.9 Å². The van der Waals surface area contributed by atoms with Gasteiger partial charge in [-0.2, -0.15) is 0 Å². The van der Waals surface area contributed by atoms with E-state index in [2.05, 4.69) is 4.98 Å². The molecule has 0 saturated heterocycles. The van der Waals surface area contributed by atoms with Gasteiger partial charge in [-0.05, 0) is 31.9 Å². The summed E-state index contributed by atoms with van der Waals surface area (Å²) < 4.78 is 0. The molecule has 3 rings (SSSR count). The zero-order valence-electron chi connectivity index (χ0n) is 15.8. The number of benzene rings is 1. The van der Waals surface area contributed by atoms with Gasteiger partial charge < -0.3 is 0 Å². The Kier molecular flexibility index (Phi) is 6.61. The molecule has 0 unspecified atom stereocenters. The van der Waals surface area contributed by atoms with Gasteiger partial charge in [-0.15, -0.1) is 11.3 Å². The molecule has 0 N–H and O–H groups in total. The number of carbonyl (C=O) groups is 2. The fourth-order valence-corrected chi connectivity index (χ4v) is 4.94. The van der Waals surface area contributed by atoms with Gasteiger partial charge in [-0.3, -0.25) is 9.59 Å². The minimum absolute atomic E-state index is 0.00870. The van der Waals surface area contributed by atoms with Gasteiger partial charge in [0.2, 0.25) is 0 Å². The summed E-state index contributed by atoms with van der Waals surface area (Å²) in [5.41, 5.74) is 0.978. The monoisotopic (exact) mass is 415 g/mol. The Morgan fingerprint density at radius 1 is 1.21 bits per heavy atom. The number of halogens is 1. The van der Waals surface area contributed by atoms with Gasteiger partial charge in [0.15, 0.2) is 5.78 Å². The number of Topliss-reactive ketones (excluding diaryl/α,β-unsaturated/α-hetero) is 1. The van der Waals surface area contributed by atoms with E-state index in [1.54, 1.807) is 17.3 Å². The van der Waals surface area contributed by atoms with Crippen LogP contribution in [0.25, 0.3) is 10.6 Å². The van der Waals surface area contributed by atoms with Gasteiger partial charge in [0, 0.05) is 33.7 Å². The molecular weight excluding hydrogens is 394 g/mol. The van der Waals surface area contributed by atoms with Gasteiger partial charge in [0.05, 0.1) is 11.8 Å². The summed E-state index contributed by atoms with van der Waals surface area (Å²) in [4.78, 5) is 41.6. The SMILES string of the molecule is Cc1sc(-c2ccc(Cl)cc2)nc1CC(=O)CC1(C(=O)C=C=O)CCCCC1. The molecule has 6 heteroatoms. The third-order valence-corrected chi connectivity index (χ3v) is 6.72. The summed E-state index contributed by atoms with van der Waals surface area (Å²) in [6.45, 7) is 1.95. The van der Waals surface area contributed by atoms with Crippen molar-refractivity contribution < 1.29 is 14.4 Å². The van der Waals surface area contributed by atoms with Crippen LogP contribution in [-0.4, -0.2) is 22.5 Å². The van der Waals surface area contributed by atoms with E-state index in [9.17, 15) is 14.4 Å². The van der Waals surface area contributed by atoms with Crippen LogP contribution < -0.4 is 0 Å². The maximum absolute atomic E-state index is 12.8. The highest BCUT2D eigenvalue weighted by Crippen LogP contribution is 2.41. The van der Waals surface area contributed by atoms with Crippen LogP contribution in [0.15, 0.2) is 30.3 Å². The molecule has 0 amide bonds. The van der Waals surface area contributed by atoms with Crippen molar-refractivity contribution in [1.82, 2.24) is 4.98 Å². The lowest BCUT2D eigenvalue weighted by molar-refractivity contribution is -0.132. The van der Waals surface area contributed by atoms with E-state index in [4.69, 9.17) is 11.6 Å². The maximum Gasteiger partial charge on any atom is 0.173 e.